The summed E-state index contributed by atoms with van der Waals surface area (Å²) in [5, 5.41) is 2.87. The molecule has 3 nitrogen and oxygen atoms in total. The Morgan fingerprint density at radius 3 is 2.65 bits per heavy atom. The van der Waals surface area contributed by atoms with E-state index >= 15 is 0 Å². The van der Waals surface area contributed by atoms with Gasteiger partial charge >= 0.3 is 6.18 Å². The van der Waals surface area contributed by atoms with E-state index in [2.05, 4.69) is 17.2 Å². The quantitative estimate of drug-likeness (QED) is 0.913. The van der Waals surface area contributed by atoms with Crippen LogP contribution in [0.15, 0.2) is 12.1 Å². The molecule has 2 rings (SSSR count). The normalized spacial score (nSPS) is 19.4. The van der Waals surface area contributed by atoms with E-state index in [0.717, 1.165) is 38.1 Å². The number of pyridine rings is 1. The van der Waals surface area contributed by atoms with Gasteiger partial charge in [0, 0.05) is 19.6 Å². The van der Waals surface area contributed by atoms with E-state index in [1.165, 1.54) is 0 Å². The molecule has 1 unspecified atom stereocenters. The smallest absolute Gasteiger partial charge is 0.370 e. The van der Waals surface area contributed by atoms with Crippen molar-refractivity contribution in [3.8, 4) is 0 Å². The van der Waals surface area contributed by atoms with Gasteiger partial charge in [0.05, 0.1) is 5.56 Å². The van der Waals surface area contributed by atoms with Gasteiger partial charge in [-0.05, 0) is 31.4 Å². The van der Waals surface area contributed by atoms with Crippen LogP contribution in [-0.4, -0.2) is 24.6 Å². The average molecular weight is 287 g/mol. The molecule has 0 bridgehead atoms. The minimum absolute atomic E-state index is 0.289. The Kier molecular flexibility index (Phi) is 4.40. The molecule has 0 aliphatic carbocycles. The van der Waals surface area contributed by atoms with E-state index in [-0.39, 0.29) is 5.82 Å². The van der Waals surface area contributed by atoms with Crippen LogP contribution in [0, 0.1) is 5.92 Å². The lowest BCUT2D eigenvalue weighted by molar-refractivity contribution is -0.137. The van der Waals surface area contributed by atoms with Crippen molar-refractivity contribution < 1.29 is 13.2 Å². The third kappa shape index (κ3) is 3.35. The fourth-order valence-electron chi connectivity index (χ4n) is 2.49. The number of halogens is 3. The number of aromatic nitrogens is 1. The predicted molar refractivity (Wildman–Crippen MR) is 74.0 cm³/mol. The molecule has 0 radical (unpaired) electrons. The number of nitrogens with zero attached hydrogens (tertiary/aromatic N) is 2. The van der Waals surface area contributed by atoms with Gasteiger partial charge in [-0.15, -0.1) is 0 Å². The summed E-state index contributed by atoms with van der Waals surface area (Å²) in [5.74, 6) is 1.26. The molecule has 2 heterocycles. The van der Waals surface area contributed by atoms with Gasteiger partial charge in [0.25, 0.3) is 0 Å². The largest absolute Gasteiger partial charge is 0.416 e. The zero-order valence-corrected chi connectivity index (χ0v) is 11.8. The Hall–Kier alpha value is -1.46. The van der Waals surface area contributed by atoms with Crippen molar-refractivity contribution in [1.29, 1.82) is 0 Å². The Labute approximate surface area is 117 Å². The van der Waals surface area contributed by atoms with Crippen molar-refractivity contribution in [2.75, 3.05) is 29.9 Å². The van der Waals surface area contributed by atoms with Crippen molar-refractivity contribution in [2.24, 2.45) is 5.92 Å². The fourth-order valence-corrected chi connectivity index (χ4v) is 2.49. The molecule has 20 heavy (non-hydrogen) atoms. The summed E-state index contributed by atoms with van der Waals surface area (Å²) >= 11 is 0. The highest BCUT2D eigenvalue weighted by Crippen LogP contribution is 2.34. The molecule has 0 spiro atoms. The van der Waals surface area contributed by atoms with Crippen LogP contribution >= 0.6 is 0 Å². The summed E-state index contributed by atoms with van der Waals surface area (Å²) in [4.78, 5) is 6.25. The first kappa shape index (κ1) is 14.9. The molecule has 0 saturated carbocycles. The minimum atomic E-state index is -4.34. The van der Waals surface area contributed by atoms with E-state index in [0.29, 0.717) is 18.3 Å². The first-order chi connectivity index (χ1) is 9.44. The molecule has 1 aliphatic heterocycles. The van der Waals surface area contributed by atoms with Crippen LogP contribution in [-0.2, 0) is 6.18 Å². The minimum Gasteiger partial charge on any atom is -0.370 e. The number of hydrogen-bond acceptors (Lipinski definition) is 3. The lowest BCUT2D eigenvalue weighted by Gasteiger charge is -2.20. The van der Waals surface area contributed by atoms with E-state index in [1.54, 1.807) is 0 Å². The molecule has 1 aliphatic rings. The second kappa shape index (κ2) is 5.89. The van der Waals surface area contributed by atoms with Crippen molar-refractivity contribution in [1.82, 2.24) is 4.98 Å². The second-order valence-corrected chi connectivity index (χ2v) is 5.14. The average Bonchev–Trinajstić information content (AvgIpc) is 2.86. The van der Waals surface area contributed by atoms with Crippen molar-refractivity contribution in [3.63, 3.8) is 0 Å². The summed E-state index contributed by atoms with van der Waals surface area (Å²) in [6.45, 7) is 6.06. The summed E-state index contributed by atoms with van der Waals surface area (Å²) < 4.78 is 38.8. The molecule has 1 saturated heterocycles. The number of anilines is 2. The zero-order valence-electron chi connectivity index (χ0n) is 11.8. The molecule has 1 aromatic heterocycles. The van der Waals surface area contributed by atoms with E-state index in [4.69, 9.17) is 0 Å². The van der Waals surface area contributed by atoms with Gasteiger partial charge in [-0.2, -0.15) is 13.2 Å². The summed E-state index contributed by atoms with van der Waals surface area (Å²) in [5.41, 5.74) is -0.640. The van der Waals surface area contributed by atoms with Gasteiger partial charge < -0.3 is 10.2 Å². The molecule has 1 N–H and O–H groups in total. The number of rotatable bonds is 4. The summed E-state index contributed by atoms with van der Waals surface area (Å²) in [6.07, 6.45) is -2.27. The first-order valence-corrected chi connectivity index (χ1v) is 7.02. The van der Waals surface area contributed by atoms with Gasteiger partial charge in [-0.1, -0.05) is 13.3 Å². The topological polar surface area (TPSA) is 28.2 Å². The van der Waals surface area contributed by atoms with Gasteiger partial charge in [0.15, 0.2) is 0 Å². The Morgan fingerprint density at radius 1 is 1.35 bits per heavy atom. The highest BCUT2D eigenvalue weighted by molar-refractivity contribution is 5.51. The third-order valence-corrected chi connectivity index (χ3v) is 3.68. The molecule has 112 valence electrons. The SMILES string of the molecule is CCNc1cc(C(F)(F)F)cc(N2CCC(CC)C2)n1. The van der Waals surface area contributed by atoms with E-state index < -0.39 is 11.7 Å². The number of alkyl halides is 3. The third-order valence-electron chi connectivity index (χ3n) is 3.68. The summed E-state index contributed by atoms with van der Waals surface area (Å²) in [7, 11) is 0. The number of hydrogen-bond donors (Lipinski definition) is 1. The summed E-state index contributed by atoms with van der Waals surface area (Å²) in [6, 6.07) is 2.22. The van der Waals surface area contributed by atoms with Gasteiger partial charge in [0.2, 0.25) is 0 Å². The predicted octanol–water partition coefficient (Wildman–Crippen LogP) is 3.77. The van der Waals surface area contributed by atoms with Crippen LogP contribution in [0.4, 0.5) is 24.8 Å². The zero-order chi connectivity index (χ0) is 14.8. The lowest BCUT2D eigenvalue weighted by Crippen LogP contribution is -2.22. The van der Waals surface area contributed by atoms with Crippen LogP contribution in [0.1, 0.15) is 32.3 Å². The van der Waals surface area contributed by atoms with Crippen LogP contribution in [0.3, 0.4) is 0 Å². The molecule has 0 amide bonds. The van der Waals surface area contributed by atoms with Gasteiger partial charge in [-0.25, -0.2) is 4.98 Å². The van der Waals surface area contributed by atoms with Gasteiger partial charge in [-0.3, -0.25) is 0 Å². The van der Waals surface area contributed by atoms with Crippen LogP contribution in [0.2, 0.25) is 0 Å². The molecule has 6 heteroatoms. The highest BCUT2D eigenvalue weighted by atomic mass is 19.4. The molecular formula is C14H20F3N3. The van der Waals surface area contributed by atoms with Crippen LogP contribution < -0.4 is 10.2 Å². The van der Waals surface area contributed by atoms with E-state index in [9.17, 15) is 13.2 Å². The standard InChI is InChI=1S/C14H20F3N3/c1-3-10-5-6-20(9-10)13-8-11(14(15,16)17)7-12(19-13)18-4-2/h7-8,10H,3-6,9H2,1-2H3,(H,18,19). The second-order valence-electron chi connectivity index (χ2n) is 5.14. The highest BCUT2D eigenvalue weighted by Gasteiger charge is 2.33. The monoisotopic (exact) mass is 287 g/mol. The van der Waals surface area contributed by atoms with Gasteiger partial charge in [0.1, 0.15) is 11.6 Å². The Balaban J connectivity index is 2.30. The maximum Gasteiger partial charge on any atom is 0.416 e. The van der Waals surface area contributed by atoms with Crippen LogP contribution in [0.5, 0.6) is 0 Å². The maximum absolute atomic E-state index is 12.9. The molecule has 1 aromatic rings. The molecular weight excluding hydrogens is 267 g/mol. The molecule has 1 atom stereocenters. The Bertz CT molecular complexity index is 459. The number of nitrogens with one attached hydrogen (secondary N) is 1. The molecule has 1 fully saturated rings. The van der Waals surface area contributed by atoms with Crippen molar-refractivity contribution in [3.05, 3.63) is 17.7 Å². The first-order valence-electron chi connectivity index (χ1n) is 7.02. The fraction of sp³-hybridized carbons (Fsp3) is 0.643. The lowest BCUT2D eigenvalue weighted by atomic mass is 10.1. The molecule has 0 aromatic carbocycles. The van der Waals surface area contributed by atoms with E-state index in [1.807, 2.05) is 11.8 Å². The van der Waals surface area contributed by atoms with Crippen molar-refractivity contribution in [2.45, 2.75) is 32.9 Å². The Morgan fingerprint density at radius 2 is 2.10 bits per heavy atom. The van der Waals surface area contributed by atoms with Crippen LogP contribution in [0.25, 0.3) is 0 Å². The van der Waals surface area contributed by atoms with Crippen molar-refractivity contribution >= 4 is 11.6 Å². The maximum atomic E-state index is 12.9.